The van der Waals surface area contributed by atoms with Gasteiger partial charge in [0.05, 0.1) is 5.56 Å². The first-order valence-corrected chi connectivity index (χ1v) is 5.77. The van der Waals surface area contributed by atoms with Crippen LogP contribution in [0.3, 0.4) is 0 Å². The van der Waals surface area contributed by atoms with Crippen molar-refractivity contribution in [3.05, 3.63) is 69.7 Å². The lowest BCUT2D eigenvalue weighted by Crippen LogP contribution is -2.06. The minimum Gasteiger partial charge on any atom is -0.383 e. The number of hydrogen-bond acceptors (Lipinski definition) is 1. The van der Waals surface area contributed by atoms with Crippen LogP contribution in [0.1, 0.15) is 22.8 Å². The van der Waals surface area contributed by atoms with Gasteiger partial charge in [0.1, 0.15) is 17.7 Å². The third-order valence-electron chi connectivity index (χ3n) is 2.79. The van der Waals surface area contributed by atoms with Gasteiger partial charge in [-0.15, -0.1) is 0 Å². The van der Waals surface area contributed by atoms with Crippen LogP contribution >= 0.6 is 11.6 Å². The van der Waals surface area contributed by atoms with Crippen LogP contribution in [0.15, 0.2) is 36.4 Å². The molecule has 0 saturated heterocycles. The van der Waals surface area contributed by atoms with E-state index in [1.165, 1.54) is 6.07 Å². The molecular formula is C14H11ClF2O. The molecule has 0 aliphatic heterocycles. The van der Waals surface area contributed by atoms with Gasteiger partial charge in [-0.3, -0.25) is 0 Å². The van der Waals surface area contributed by atoms with Crippen LogP contribution in [0.25, 0.3) is 0 Å². The van der Waals surface area contributed by atoms with Crippen LogP contribution in [-0.4, -0.2) is 5.11 Å². The SMILES string of the molecule is Cc1cccc(C(O)c2c(F)cccc2F)c1Cl. The highest BCUT2D eigenvalue weighted by atomic mass is 35.5. The van der Waals surface area contributed by atoms with Crippen molar-refractivity contribution >= 4 is 11.6 Å². The standard InChI is InChI=1S/C14H11ClF2O/c1-8-4-2-5-9(13(8)15)14(18)12-10(16)6-3-7-11(12)17/h2-7,14,18H,1H3. The third-order valence-corrected chi connectivity index (χ3v) is 3.31. The zero-order chi connectivity index (χ0) is 13.3. The van der Waals surface area contributed by atoms with Gasteiger partial charge in [-0.25, -0.2) is 8.78 Å². The molecule has 0 heterocycles. The molecule has 2 aromatic rings. The van der Waals surface area contributed by atoms with E-state index in [4.69, 9.17) is 11.6 Å². The Hall–Kier alpha value is -1.45. The summed E-state index contributed by atoms with van der Waals surface area (Å²) in [7, 11) is 0. The van der Waals surface area contributed by atoms with E-state index in [0.29, 0.717) is 10.6 Å². The molecule has 2 rings (SSSR count). The monoisotopic (exact) mass is 268 g/mol. The van der Waals surface area contributed by atoms with E-state index in [9.17, 15) is 13.9 Å². The Kier molecular flexibility index (Phi) is 3.64. The number of aliphatic hydroxyl groups excluding tert-OH is 1. The van der Waals surface area contributed by atoms with Gasteiger partial charge in [0.15, 0.2) is 0 Å². The minimum atomic E-state index is -1.42. The largest absolute Gasteiger partial charge is 0.383 e. The molecule has 0 saturated carbocycles. The molecule has 0 spiro atoms. The molecule has 1 atom stereocenters. The molecule has 1 nitrogen and oxygen atoms in total. The molecule has 0 bridgehead atoms. The summed E-state index contributed by atoms with van der Waals surface area (Å²) in [6, 6.07) is 8.44. The molecule has 1 unspecified atom stereocenters. The highest BCUT2D eigenvalue weighted by molar-refractivity contribution is 6.32. The summed E-state index contributed by atoms with van der Waals surface area (Å²) in [5.74, 6) is -1.58. The minimum absolute atomic E-state index is 0.292. The molecule has 1 N–H and O–H groups in total. The lowest BCUT2D eigenvalue weighted by Gasteiger charge is -2.15. The summed E-state index contributed by atoms with van der Waals surface area (Å²) in [5.41, 5.74) is 0.649. The zero-order valence-corrected chi connectivity index (χ0v) is 10.4. The second kappa shape index (κ2) is 5.04. The fraction of sp³-hybridized carbons (Fsp3) is 0.143. The van der Waals surface area contributed by atoms with Gasteiger partial charge in [-0.05, 0) is 24.6 Å². The normalized spacial score (nSPS) is 12.5. The molecule has 0 fully saturated rings. The van der Waals surface area contributed by atoms with Gasteiger partial charge in [0, 0.05) is 10.6 Å². The van der Waals surface area contributed by atoms with E-state index in [2.05, 4.69) is 0 Å². The van der Waals surface area contributed by atoms with Crippen molar-refractivity contribution in [2.24, 2.45) is 0 Å². The van der Waals surface area contributed by atoms with Gasteiger partial charge in [0.25, 0.3) is 0 Å². The van der Waals surface area contributed by atoms with Crippen molar-refractivity contribution in [3.63, 3.8) is 0 Å². The Morgan fingerprint density at radius 2 is 1.61 bits per heavy atom. The van der Waals surface area contributed by atoms with E-state index in [0.717, 1.165) is 17.7 Å². The van der Waals surface area contributed by atoms with Gasteiger partial charge < -0.3 is 5.11 Å². The Bertz CT molecular complexity index is 564. The number of hydrogen-bond donors (Lipinski definition) is 1. The highest BCUT2D eigenvalue weighted by Gasteiger charge is 2.21. The topological polar surface area (TPSA) is 20.2 Å². The predicted molar refractivity (Wildman–Crippen MR) is 66.6 cm³/mol. The maximum Gasteiger partial charge on any atom is 0.132 e. The smallest absolute Gasteiger partial charge is 0.132 e. The maximum atomic E-state index is 13.6. The first kappa shape index (κ1) is 13.0. The number of halogens is 3. The van der Waals surface area contributed by atoms with Gasteiger partial charge in [-0.2, -0.15) is 0 Å². The van der Waals surface area contributed by atoms with E-state index in [1.807, 2.05) is 0 Å². The quantitative estimate of drug-likeness (QED) is 0.873. The Labute approximate surface area is 109 Å². The molecule has 4 heteroatoms. The average molecular weight is 269 g/mol. The second-order valence-corrected chi connectivity index (χ2v) is 4.39. The first-order valence-electron chi connectivity index (χ1n) is 5.39. The van der Waals surface area contributed by atoms with Gasteiger partial charge in [-0.1, -0.05) is 35.9 Å². The van der Waals surface area contributed by atoms with Crippen LogP contribution in [0.4, 0.5) is 8.78 Å². The summed E-state index contributed by atoms with van der Waals surface area (Å²) in [5, 5.41) is 10.4. The van der Waals surface area contributed by atoms with E-state index in [1.54, 1.807) is 25.1 Å². The Morgan fingerprint density at radius 1 is 1.06 bits per heavy atom. The van der Waals surface area contributed by atoms with Crippen molar-refractivity contribution in [2.75, 3.05) is 0 Å². The van der Waals surface area contributed by atoms with Crippen molar-refractivity contribution < 1.29 is 13.9 Å². The first-order chi connectivity index (χ1) is 8.52. The van der Waals surface area contributed by atoms with Gasteiger partial charge >= 0.3 is 0 Å². The lowest BCUT2D eigenvalue weighted by atomic mass is 9.99. The highest BCUT2D eigenvalue weighted by Crippen LogP contribution is 2.32. The summed E-state index contributed by atoms with van der Waals surface area (Å²) in [4.78, 5) is 0. The van der Waals surface area contributed by atoms with Gasteiger partial charge in [0.2, 0.25) is 0 Å². The average Bonchev–Trinajstić information content (AvgIpc) is 2.32. The molecule has 18 heavy (non-hydrogen) atoms. The lowest BCUT2D eigenvalue weighted by molar-refractivity contribution is 0.209. The molecular weight excluding hydrogens is 258 g/mol. The maximum absolute atomic E-state index is 13.6. The fourth-order valence-corrected chi connectivity index (χ4v) is 2.04. The van der Waals surface area contributed by atoms with Crippen LogP contribution in [-0.2, 0) is 0 Å². The molecule has 0 aliphatic carbocycles. The van der Waals surface area contributed by atoms with Crippen LogP contribution in [0.5, 0.6) is 0 Å². The predicted octanol–water partition coefficient (Wildman–Crippen LogP) is 4.01. The summed E-state index contributed by atoms with van der Waals surface area (Å²) in [6.45, 7) is 1.76. The summed E-state index contributed by atoms with van der Waals surface area (Å²) < 4.78 is 27.2. The molecule has 2 aromatic carbocycles. The Morgan fingerprint density at radius 3 is 2.22 bits per heavy atom. The van der Waals surface area contributed by atoms with Crippen LogP contribution in [0, 0.1) is 18.6 Å². The molecule has 0 aliphatic rings. The number of aliphatic hydroxyl groups is 1. The molecule has 94 valence electrons. The molecule has 0 aromatic heterocycles. The summed E-state index contributed by atoms with van der Waals surface area (Å²) in [6.07, 6.45) is -1.42. The van der Waals surface area contributed by atoms with E-state index in [-0.39, 0.29) is 5.56 Å². The number of rotatable bonds is 2. The zero-order valence-electron chi connectivity index (χ0n) is 9.62. The second-order valence-electron chi connectivity index (χ2n) is 4.02. The summed E-state index contributed by atoms with van der Waals surface area (Å²) >= 11 is 6.04. The number of benzene rings is 2. The van der Waals surface area contributed by atoms with Crippen molar-refractivity contribution in [2.45, 2.75) is 13.0 Å². The molecule has 0 amide bonds. The third kappa shape index (κ3) is 2.24. The number of aryl methyl sites for hydroxylation is 1. The molecule has 0 radical (unpaired) electrons. The van der Waals surface area contributed by atoms with Crippen LogP contribution in [0.2, 0.25) is 5.02 Å². The van der Waals surface area contributed by atoms with Crippen LogP contribution < -0.4 is 0 Å². The van der Waals surface area contributed by atoms with E-state index < -0.39 is 17.7 Å². The van der Waals surface area contributed by atoms with E-state index >= 15 is 0 Å². The van der Waals surface area contributed by atoms with Crippen molar-refractivity contribution in [3.8, 4) is 0 Å². The van der Waals surface area contributed by atoms with Crippen molar-refractivity contribution in [1.82, 2.24) is 0 Å². The Balaban J connectivity index is 2.55. The van der Waals surface area contributed by atoms with Crippen molar-refractivity contribution in [1.29, 1.82) is 0 Å². The fourth-order valence-electron chi connectivity index (χ4n) is 1.81.